The van der Waals surface area contributed by atoms with Gasteiger partial charge in [0.2, 0.25) is 0 Å². The molecular formula is C14H19ClFNO. The molecule has 1 aromatic carbocycles. The summed E-state index contributed by atoms with van der Waals surface area (Å²) in [6, 6.07) is 4.43. The van der Waals surface area contributed by atoms with Crippen LogP contribution in [0.2, 0.25) is 5.02 Å². The van der Waals surface area contributed by atoms with E-state index in [9.17, 15) is 4.39 Å². The Bertz CT molecular complexity index is 407. The van der Waals surface area contributed by atoms with Crippen LogP contribution in [-0.2, 0) is 4.74 Å². The summed E-state index contributed by atoms with van der Waals surface area (Å²) in [6.45, 7) is 2.76. The van der Waals surface area contributed by atoms with Crippen molar-refractivity contribution in [3.8, 4) is 0 Å². The Kier molecular flexibility index (Phi) is 4.60. The highest BCUT2D eigenvalue weighted by Crippen LogP contribution is 2.36. The molecule has 100 valence electrons. The molecule has 1 aliphatic carbocycles. The van der Waals surface area contributed by atoms with Gasteiger partial charge in [-0.3, -0.25) is 0 Å². The van der Waals surface area contributed by atoms with Crippen LogP contribution in [0.3, 0.4) is 0 Å². The molecule has 1 unspecified atom stereocenters. The van der Waals surface area contributed by atoms with Crippen molar-refractivity contribution in [2.45, 2.75) is 38.3 Å². The first kappa shape index (κ1) is 13.8. The molecule has 0 aromatic heterocycles. The van der Waals surface area contributed by atoms with Crippen LogP contribution in [0.1, 0.15) is 37.8 Å². The number of hydrogen-bond donors (Lipinski definition) is 1. The normalized spacial score (nSPS) is 24.7. The smallest absolute Gasteiger partial charge is 0.129 e. The van der Waals surface area contributed by atoms with Crippen LogP contribution < -0.4 is 5.73 Å². The molecule has 4 heteroatoms. The van der Waals surface area contributed by atoms with Crippen molar-refractivity contribution in [1.82, 2.24) is 0 Å². The van der Waals surface area contributed by atoms with Gasteiger partial charge in [-0.1, -0.05) is 17.7 Å². The summed E-state index contributed by atoms with van der Waals surface area (Å²) < 4.78 is 19.2. The molecule has 2 N–H and O–H groups in total. The Balaban J connectivity index is 1.87. The second-order valence-corrected chi connectivity index (χ2v) is 5.36. The Morgan fingerprint density at radius 1 is 1.50 bits per heavy atom. The van der Waals surface area contributed by atoms with Gasteiger partial charge in [0.25, 0.3) is 0 Å². The first-order chi connectivity index (χ1) is 8.60. The maximum Gasteiger partial charge on any atom is 0.129 e. The van der Waals surface area contributed by atoms with Crippen molar-refractivity contribution in [2.75, 3.05) is 6.61 Å². The topological polar surface area (TPSA) is 35.2 Å². The van der Waals surface area contributed by atoms with Crippen molar-refractivity contribution in [3.63, 3.8) is 0 Å². The highest BCUT2D eigenvalue weighted by atomic mass is 35.5. The van der Waals surface area contributed by atoms with Crippen molar-refractivity contribution in [3.05, 3.63) is 34.6 Å². The fourth-order valence-electron chi connectivity index (χ4n) is 2.53. The average Bonchev–Trinajstić information content (AvgIpc) is 2.26. The number of rotatable bonds is 5. The number of benzene rings is 1. The number of halogens is 2. The summed E-state index contributed by atoms with van der Waals surface area (Å²) in [5.74, 6) is 0.238. The fourth-order valence-corrected chi connectivity index (χ4v) is 2.69. The van der Waals surface area contributed by atoms with Gasteiger partial charge in [-0.2, -0.15) is 0 Å². The summed E-state index contributed by atoms with van der Waals surface area (Å²) in [7, 11) is 0. The van der Waals surface area contributed by atoms with Crippen molar-refractivity contribution >= 4 is 11.6 Å². The van der Waals surface area contributed by atoms with E-state index >= 15 is 0 Å². The molecule has 1 aliphatic rings. The van der Waals surface area contributed by atoms with Gasteiger partial charge in [0.1, 0.15) is 5.82 Å². The summed E-state index contributed by atoms with van der Waals surface area (Å²) in [4.78, 5) is 0. The van der Waals surface area contributed by atoms with Crippen LogP contribution in [-0.4, -0.2) is 12.7 Å². The first-order valence-electron chi connectivity index (χ1n) is 6.42. The lowest BCUT2D eigenvalue weighted by molar-refractivity contribution is -0.0282. The molecule has 1 aromatic rings. The van der Waals surface area contributed by atoms with Crippen LogP contribution in [0.15, 0.2) is 18.2 Å². The predicted octanol–water partition coefficient (Wildman–Crippen LogP) is 3.68. The lowest BCUT2D eigenvalue weighted by Crippen LogP contribution is -2.33. The van der Waals surface area contributed by atoms with Gasteiger partial charge >= 0.3 is 0 Å². The first-order valence-corrected chi connectivity index (χ1v) is 6.80. The average molecular weight is 272 g/mol. The lowest BCUT2D eigenvalue weighted by atomic mass is 9.77. The van der Waals surface area contributed by atoms with E-state index in [1.807, 2.05) is 6.92 Å². The van der Waals surface area contributed by atoms with Gasteiger partial charge in [-0.15, -0.1) is 0 Å². The van der Waals surface area contributed by atoms with Crippen LogP contribution in [0.4, 0.5) is 4.39 Å². The molecule has 0 saturated heterocycles. The molecule has 18 heavy (non-hydrogen) atoms. The Labute approximate surface area is 112 Å². The van der Waals surface area contributed by atoms with Gasteiger partial charge in [0.05, 0.1) is 6.10 Å². The molecule has 1 atom stereocenters. The molecule has 0 amide bonds. The van der Waals surface area contributed by atoms with Gasteiger partial charge < -0.3 is 10.5 Å². The van der Waals surface area contributed by atoms with Gasteiger partial charge in [0.15, 0.2) is 0 Å². The predicted molar refractivity (Wildman–Crippen MR) is 71.1 cm³/mol. The zero-order valence-corrected chi connectivity index (χ0v) is 11.3. The molecule has 1 saturated carbocycles. The van der Waals surface area contributed by atoms with Crippen LogP contribution in [0.25, 0.3) is 0 Å². The summed E-state index contributed by atoms with van der Waals surface area (Å²) in [5, 5.41) is 0.406. The van der Waals surface area contributed by atoms with Crippen molar-refractivity contribution < 1.29 is 9.13 Å². The van der Waals surface area contributed by atoms with E-state index in [1.54, 1.807) is 12.1 Å². The van der Waals surface area contributed by atoms with Gasteiger partial charge in [-0.25, -0.2) is 4.39 Å². The molecule has 0 radical (unpaired) electrons. The summed E-state index contributed by atoms with van der Waals surface area (Å²) in [5.41, 5.74) is 6.61. The van der Waals surface area contributed by atoms with E-state index in [0.717, 1.165) is 25.9 Å². The minimum atomic E-state index is -0.310. The van der Waals surface area contributed by atoms with E-state index < -0.39 is 0 Å². The van der Waals surface area contributed by atoms with Crippen molar-refractivity contribution in [1.29, 1.82) is 0 Å². The maximum atomic E-state index is 13.7. The Morgan fingerprint density at radius 2 is 2.22 bits per heavy atom. The third kappa shape index (κ3) is 3.22. The van der Waals surface area contributed by atoms with Crippen molar-refractivity contribution in [2.24, 2.45) is 11.7 Å². The SMILES string of the molecule is CCOC1CC(CC(N)c2ccc(Cl)cc2F)C1. The van der Waals surface area contributed by atoms with E-state index in [-0.39, 0.29) is 11.9 Å². The zero-order valence-electron chi connectivity index (χ0n) is 10.5. The molecule has 0 spiro atoms. The molecule has 0 aliphatic heterocycles. The van der Waals surface area contributed by atoms with Crippen LogP contribution in [0, 0.1) is 11.7 Å². The summed E-state index contributed by atoms with van der Waals surface area (Å²) in [6.07, 6.45) is 3.26. The van der Waals surface area contributed by atoms with E-state index in [2.05, 4.69) is 0 Å². The van der Waals surface area contributed by atoms with Crippen LogP contribution in [0.5, 0.6) is 0 Å². The van der Waals surface area contributed by atoms with E-state index in [0.29, 0.717) is 22.6 Å². The Morgan fingerprint density at radius 3 is 2.83 bits per heavy atom. The van der Waals surface area contributed by atoms with Crippen LogP contribution >= 0.6 is 11.6 Å². The van der Waals surface area contributed by atoms with Gasteiger partial charge in [0, 0.05) is 23.2 Å². The molecule has 0 bridgehead atoms. The second kappa shape index (κ2) is 6.00. The van der Waals surface area contributed by atoms with E-state index in [1.165, 1.54) is 6.07 Å². The third-order valence-electron chi connectivity index (χ3n) is 3.54. The molecule has 0 heterocycles. The molecule has 2 rings (SSSR count). The molecule has 1 fully saturated rings. The lowest BCUT2D eigenvalue weighted by Gasteiger charge is -2.36. The highest BCUT2D eigenvalue weighted by molar-refractivity contribution is 6.30. The minimum Gasteiger partial charge on any atom is -0.378 e. The number of ether oxygens (including phenoxy) is 1. The standard InChI is InChI=1S/C14H19ClFNO/c1-2-18-11-5-9(6-11)7-14(17)12-4-3-10(15)8-13(12)16/h3-4,8-9,11,14H,2,5-7,17H2,1H3. The quantitative estimate of drug-likeness (QED) is 0.887. The zero-order chi connectivity index (χ0) is 13.1. The maximum absolute atomic E-state index is 13.7. The Hall–Kier alpha value is -0.640. The summed E-state index contributed by atoms with van der Waals surface area (Å²) >= 11 is 5.72. The monoisotopic (exact) mass is 271 g/mol. The van der Waals surface area contributed by atoms with E-state index in [4.69, 9.17) is 22.1 Å². The third-order valence-corrected chi connectivity index (χ3v) is 3.78. The second-order valence-electron chi connectivity index (χ2n) is 4.92. The highest BCUT2D eigenvalue weighted by Gasteiger charge is 2.31. The molecular weight excluding hydrogens is 253 g/mol. The minimum absolute atomic E-state index is 0.255. The fraction of sp³-hybridized carbons (Fsp3) is 0.571. The molecule has 2 nitrogen and oxygen atoms in total. The number of hydrogen-bond acceptors (Lipinski definition) is 2. The van der Waals surface area contributed by atoms with Gasteiger partial charge in [-0.05, 0) is 44.2 Å². The largest absolute Gasteiger partial charge is 0.378 e. The number of nitrogens with two attached hydrogens (primary N) is 1.